The van der Waals surface area contributed by atoms with E-state index in [0.29, 0.717) is 0 Å². The number of hydrogen-bond donors (Lipinski definition) is 0. The molecule has 5 heavy (non-hydrogen) atoms. The van der Waals surface area contributed by atoms with E-state index >= 15 is 0 Å². The smallest absolute Gasteiger partial charge is 0.0132 e. The van der Waals surface area contributed by atoms with Crippen LogP contribution in [0.1, 0.15) is 0 Å². The lowest BCUT2D eigenvalue weighted by Crippen LogP contribution is -1.37. The fraction of sp³-hybridized carbons (Fsp3) is 0. The zero-order valence-electron chi connectivity index (χ0n) is 2.22. The van der Waals surface area contributed by atoms with Gasteiger partial charge in [0.2, 0.25) is 0 Å². The van der Waals surface area contributed by atoms with Gasteiger partial charge in [0.15, 0.2) is 0 Å². The summed E-state index contributed by atoms with van der Waals surface area (Å²) in [6.45, 7) is 0. The minimum atomic E-state index is 1.02. The second-order valence-electron chi connectivity index (χ2n) is 0.287. The van der Waals surface area contributed by atoms with Crippen molar-refractivity contribution in [1.29, 1.82) is 0 Å². The molecule has 0 spiro atoms. The van der Waals surface area contributed by atoms with Crippen LogP contribution in [0.25, 0.3) is 0 Å². The molecule has 1 radical (unpaired) electrons. The van der Waals surface area contributed by atoms with Crippen molar-refractivity contribution in [3.8, 4) is 10.5 Å². The number of rotatable bonds is 0. The second-order valence-corrected chi connectivity index (χ2v) is 1.36. The quantitative estimate of drug-likeness (QED) is 0.334. The minimum Gasteiger partial charge on any atom is -0.0132 e. The van der Waals surface area contributed by atoms with Crippen molar-refractivity contribution in [1.82, 2.24) is 0 Å². The van der Waals surface area contributed by atoms with Crippen LogP contribution < -0.4 is 0 Å². The van der Waals surface area contributed by atoms with Gasteiger partial charge < -0.3 is 0 Å². The van der Waals surface area contributed by atoms with Gasteiger partial charge in [-0.2, -0.15) is 0 Å². The van der Waals surface area contributed by atoms with Gasteiger partial charge in [-0.05, 0) is 12.6 Å². The molecule has 0 rings (SSSR count). The molecule has 0 aliphatic heterocycles. The van der Waals surface area contributed by atoms with E-state index in [4.69, 9.17) is 0 Å². The van der Waals surface area contributed by atoms with Crippen molar-refractivity contribution in [3.63, 3.8) is 0 Å². The Kier molecular flexibility index (Phi) is 4.41. The van der Waals surface area contributed by atoms with Crippen molar-refractivity contribution in [2.75, 3.05) is 0 Å². The Morgan fingerprint density at radius 2 is 2.20 bits per heavy atom. The zero-order valence-corrected chi connectivity index (χ0v) is 4.67. The Hall–Kier alpha value is 0.220. The van der Waals surface area contributed by atoms with Crippen molar-refractivity contribution in [2.45, 2.75) is 0 Å². The molecule has 0 bridgehead atoms. The molecule has 0 N–H and O–H groups in total. The molecule has 0 saturated carbocycles. The van der Waals surface area contributed by atoms with Crippen LogP contribution in [0, 0.1) is 10.5 Å². The predicted octanol–water partition coefficient (Wildman–Crippen LogP) is 0.647. The molecule has 0 aromatic heterocycles. The van der Waals surface area contributed by atoms with Gasteiger partial charge >= 0.3 is 10.3 Å². The Morgan fingerprint density at radius 1 is 1.60 bits per heavy atom. The van der Waals surface area contributed by atoms with Gasteiger partial charge in [-0.3, -0.25) is 0 Å². The first kappa shape index (κ1) is 5.22. The summed E-state index contributed by atoms with van der Waals surface area (Å²) in [5.74, 6) is 0. The first-order chi connectivity index (χ1) is 2.41. The van der Waals surface area contributed by atoms with Gasteiger partial charge in [0, 0.05) is 0 Å². The maximum Gasteiger partial charge on any atom is 0.379 e. The first-order valence-corrected chi connectivity index (χ1v) is 2.97. The van der Waals surface area contributed by atoms with E-state index in [2.05, 4.69) is 34.3 Å². The molecular formula is C2S3+. The average molecular weight is 120 g/mol. The zero-order chi connectivity index (χ0) is 4.12. The fourth-order valence-corrected chi connectivity index (χ4v) is 0.459. The Bertz CT molecular complexity index is 74.6. The van der Waals surface area contributed by atoms with Crippen LogP contribution in [0.3, 0.4) is 0 Å². The summed E-state index contributed by atoms with van der Waals surface area (Å²) in [5.41, 5.74) is 0. The largest absolute Gasteiger partial charge is 0.379 e. The maximum atomic E-state index is 4.33. The third kappa shape index (κ3) is 4.22. The van der Waals surface area contributed by atoms with Gasteiger partial charge in [0.25, 0.3) is 16.4 Å². The molecule has 3 heteroatoms. The normalized spacial score (nSPS) is 4.00. The topological polar surface area (TPSA) is 0 Å². The van der Waals surface area contributed by atoms with Crippen LogP contribution in [-0.4, -0.2) is 0 Å². The Morgan fingerprint density at radius 3 is 2.20 bits per heavy atom. The highest BCUT2D eigenvalue weighted by Crippen LogP contribution is 1.56. The molecule has 0 amide bonds. The standard InChI is InChI=1S/C2S3/c3-1-2-5-4/q+1. The van der Waals surface area contributed by atoms with Gasteiger partial charge in [-0.1, -0.05) is 0 Å². The molecule has 0 aliphatic carbocycles. The highest BCUT2D eigenvalue weighted by molar-refractivity contribution is 8.20. The van der Waals surface area contributed by atoms with E-state index in [0.717, 1.165) is 10.3 Å². The van der Waals surface area contributed by atoms with Crippen molar-refractivity contribution in [2.24, 2.45) is 0 Å². The summed E-state index contributed by atoms with van der Waals surface area (Å²) in [6, 6.07) is 0. The van der Waals surface area contributed by atoms with Crippen LogP contribution in [0.2, 0.25) is 0 Å². The Labute approximate surface area is 45.0 Å². The van der Waals surface area contributed by atoms with E-state index in [1.165, 1.54) is 0 Å². The average Bonchev–Trinajstić information content (AvgIpc) is 1.41. The molecule has 0 unspecified atom stereocenters. The SMILES string of the molecule is [S]C#C[S+]=S. The molecule has 0 aliphatic rings. The van der Waals surface area contributed by atoms with Crippen LogP contribution >= 0.6 is 12.6 Å². The molecule has 0 aromatic rings. The lowest BCUT2D eigenvalue weighted by atomic mass is 11.4. The van der Waals surface area contributed by atoms with E-state index in [-0.39, 0.29) is 0 Å². The lowest BCUT2D eigenvalue weighted by molar-refractivity contribution is 3.08. The van der Waals surface area contributed by atoms with E-state index in [9.17, 15) is 0 Å². The van der Waals surface area contributed by atoms with Crippen LogP contribution in [0.4, 0.5) is 0 Å². The van der Waals surface area contributed by atoms with Gasteiger partial charge in [0.05, 0.1) is 5.25 Å². The summed E-state index contributed by atoms with van der Waals surface area (Å²) in [6.07, 6.45) is 0. The van der Waals surface area contributed by atoms with Crippen molar-refractivity contribution in [3.05, 3.63) is 0 Å². The predicted molar refractivity (Wildman–Crippen MR) is 30.1 cm³/mol. The summed E-state index contributed by atoms with van der Waals surface area (Å²) >= 11 is 8.53. The van der Waals surface area contributed by atoms with Gasteiger partial charge in [-0.15, -0.1) is 0 Å². The molecule has 0 aromatic carbocycles. The third-order valence-electron chi connectivity index (χ3n) is 0.0833. The van der Waals surface area contributed by atoms with Crippen LogP contribution in [-0.2, 0) is 21.5 Å². The molecule has 0 nitrogen and oxygen atoms in total. The molecular weight excluding hydrogens is 120 g/mol. The summed E-state index contributed by atoms with van der Waals surface area (Å²) in [4.78, 5) is 0. The summed E-state index contributed by atoms with van der Waals surface area (Å²) in [5, 5.41) is 4.62. The molecule has 0 fully saturated rings. The summed E-state index contributed by atoms with van der Waals surface area (Å²) in [7, 11) is 1.02. The van der Waals surface area contributed by atoms with Crippen LogP contribution in [0.5, 0.6) is 0 Å². The number of hydrogen-bond acceptors (Lipinski definition) is 1. The first-order valence-electron chi connectivity index (χ1n) is 0.825. The highest BCUT2D eigenvalue weighted by Gasteiger charge is 1.68. The van der Waals surface area contributed by atoms with Crippen LogP contribution in [0.15, 0.2) is 0 Å². The summed E-state index contributed by atoms with van der Waals surface area (Å²) < 4.78 is 0. The van der Waals surface area contributed by atoms with E-state index in [1.54, 1.807) is 0 Å². The second kappa shape index (κ2) is 4.22. The van der Waals surface area contributed by atoms with Crippen molar-refractivity contribution < 1.29 is 0 Å². The van der Waals surface area contributed by atoms with E-state index < -0.39 is 0 Å². The minimum absolute atomic E-state index is 1.02. The lowest BCUT2D eigenvalue weighted by Gasteiger charge is -1.22. The monoisotopic (exact) mass is 120 g/mol. The molecule has 25 valence electrons. The van der Waals surface area contributed by atoms with E-state index in [1.807, 2.05) is 0 Å². The molecule has 0 atom stereocenters. The third-order valence-corrected chi connectivity index (χ3v) is 0.750. The van der Waals surface area contributed by atoms with Gasteiger partial charge in [-0.25, -0.2) is 0 Å². The highest BCUT2D eigenvalue weighted by atomic mass is 32.8. The fourth-order valence-electron chi connectivity index (χ4n) is 0.0170. The van der Waals surface area contributed by atoms with Gasteiger partial charge in [0.1, 0.15) is 0 Å². The maximum absolute atomic E-state index is 4.33. The molecule has 0 heterocycles. The molecule has 0 saturated heterocycles. The Balaban J connectivity index is 3.16. The van der Waals surface area contributed by atoms with Crippen molar-refractivity contribution >= 4 is 34.1 Å².